The maximum Gasteiger partial charge on any atom is 0.416 e. The molecule has 1 aliphatic rings. The molecule has 0 atom stereocenters. The average Bonchev–Trinajstić information content (AvgIpc) is 2.90. The Balaban J connectivity index is 1.73. The van der Waals surface area contributed by atoms with Gasteiger partial charge in [-0.25, -0.2) is 9.59 Å². The van der Waals surface area contributed by atoms with Gasteiger partial charge < -0.3 is 30.5 Å². The van der Waals surface area contributed by atoms with E-state index in [1.54, 1.807) is 4.90 Å². The quantitative estimate of drug-likeness (QED) is 0.456. The molecule has 3 N–H and O–H groups in total. The minimum atomic E-state index is -4.58. The molecule has 0 aromatic heterocycles. The number of carbonyl (C=O) groups is 3. The number of benzene rings is 2. The molecule has 0 spiro atoms. The lowest BCUT2D eigenvalue weighted by Crippen LogP contribution is -2.43. The minimum absolute atomic E-state index is 0.0594. The molecule has 3 rings (SSSR count). The Morgan fingerprint density at radius 2 is 1.87 bits per heavy atom. The maximum absolute atomic E-state index is 13.5. The molecule has 0 saturated carbocycles. The number of nitrogens with one attached hydrogen (secondary N) is 3. The van der Waals surface area contributed by atoms with Crippen molar-refractivity contribution in [3.63, 3.8) is 0 Å². The van der Waals surface area contributed by atoms with Gasteiger partial charge in [-0.15, -0.1) is 0 Å². The van der Waals surface area contributed by atoms with Crippen molar-refractivity contribution in [3.8, 4) is 0 Å². The van der Waals surface area contributed by atoms with E-state index in [2.05, 4.69) is 16.0 Å². The molecular formula is C26H32F3N5O4. The SMILES string of the molecule is CCNC(=O)N1CCc2c(cccc2NCC(=O)N(CCOC(=O)NC)Cc2ccccc2C(F)(F)F)C1. The number of alkyl halides is 3. The number of halogens is 3. The van der Waals surface area contributed by atoms with E-state index >= 15 is 0 Å². The highest BCUT2D eigenvalue weighted by atomic mass is 19.4. The van der Waals surface area contributed by atoms with Crippen molar-refractivity contribution in [3.05, 3.63) is 64.7 Å². The normalized spacial score (nSPS) is 12.8. The van der Waals surface area contributed by atoms with Crippen LogP contribution in [0.3, 0.4) is 0 Å². The van der Waals surface area contributed by atoms with E-state index in [1.165, 1.54) is 30.1 Å². The Morgan fingerprint density at radius 3 is 2.58 bits per heavy atom. The molecule has 38 heavy (non-hydrogen) atoms. The first kappa shape index (κ1) is 28.6. The summed E-state index contributed by atoms with van der Waals surface area (Å²) in [7, 11) is 1.38. The molecule has 2 aromatic carbocycles. The largest absolute Gasteiger partial charge is 0.448 e. The second kappa shape index (κ2) is 13.0. The number of urea groups is 1. The zero-order chi connectivity index (χ0) is 27.7. The van der Waals surface area contributed by atoms with Crippen LogP contribution in [0.4, 0.5) is 28.4 Å². The molecule has 0 saturated heterocycles. The molecule has 0 bridgehead atoms. The lowest BCUT2D eigenvalue weighted by Gasteiger charge is -2.30. The number of rotatable bonds is 9. The van der Waals surface area contributed by atoms with E-state index in [9.17, 15) is 27.6 Å². The Bertz CT molecular complexity index is 1140. The molecule has 9 nitrogen and oxygen atoms in total. The summed E-state index contributed by atoms with van der Waals surface area (Å²) in [6.45, 7) is 2.58. The summed E-state index contributed by atoms with van der Waals surface area (Å²) in [5.74, 6) is -0.458. The molecular weight excluding hydrogens is 503 g/mol. The fourth-order valence-corrected chi connectivity index (χ4v) is 4.25. The van der Waals surface area contributed by atoms with Gasteiger partial charge in [0.25, 0.3) is 0 Å². The van der Waals surface area contributed by atoms with E-state index in [-0.39, 0.29) is 37.8 Å². The fourth-order valence-electron chi connectivity index (χ4n) is 4.25. The molecule has 12 heteroatoms. The summed E-state index contributed by atoms with van der Waals surface area (Å²) in [4.78, 5) is 39.8. The van der Waals surface area contributed by atoms with Crippen molar-refractivity contribution >= 4 is 23.7 Å². The molecule has 0 aliphatic carbocycles. The number of alkyl carbamates (subject to hydrolysis) is 1. The first-order chi connectivity index (χ1) is 18.1. The van der Waals surface area contributed by atoms with E-state index in [0.717, 1.165) is 22.9 Å². The molecule has 0 unspecified atom stereocenters. The van der Waals surface area contributed by atoms with Crippen molar-refractivity contribution < 1.29 is 32.3 Å². The predicted molar refractivity (Wildman–Crippen MR) is 135 cm³/mol. The number of hydrogen-bond donors (Lipinski definition) is 3. The lowest BCUT2D eigenvalue weighted by atomic mass is 9.98. The number of ether oxygens (including phenoxy) is 1. The summed E-state index contributed by atoms with van der Waals surface area (Å²) >= 11 is 0. The summed E-state index contributed by atoms with van der Waals surface area (Å²) < 4.78 is 45.6. The van der Waals surface area contributed by atoms with Crippen molar-refractivity contribution in [1.82, 2.24) is 20.4 Å². The first-order valence-corrected chi connectivity index (χ1v) is 12.3. The summed E-state index contributed by atoms with van der Waals surface area (Å²) in [6, 6.07) is 10.5. The minimum Gasteiger partial charge on any atom is -0.448 e. The standard InChI is InChI=1S/C26H32F3N5O4/c1-3-31-24(36)34-12-11-20-18(16-34)8-6-10-22(20)32-15-23(35)33(13-14-38-25(37)30-2)17-19-7-4-5-9-21(19)26(27,28)29/h4-10,32H,3,11-17H2,1-2H3,(H,30,37)(H,31,36). The van der Waals surface area contributed by atoms with Crippen LogP contribution in [-0.4, -0.2) is 67.7 Å². The van der Waals surface area contributed by atoms with Gasteiger partial charge in [-0.2, -0.15) is 13.2 Å². The van der Waals surface area contributed by atoms with Gasteiger partial charge in [0.1, 0.15) is 6.61 Å². The van der Waals surface area contributed by atoms with Crippen LogP contribution in [0.2, 0.25) is 0 Å². The van der Waals surface area contributed by atoms with Crippen LogP contribution in [0.1, 0.15) is 29.2 Å². The number of hydrogen-bond acceptors (Lipinski definition) is 5. The van der Waals surface area contributed by atoms with E-state index in [1.807, 2.05) is 25.1 Å². The average molecular weight is 536 g/mol. The van der Waals surface area contributed by atoms with Gasteiger partial charge in [-0.05, 0) is 42.2 Å². The van der Waals surface area contributed by atoms with Gasteiger partial charge in [-0.3, -0.25) is 4.79 Å². The van der Waals surface area contributed by atoms with Crippen LogP contribution in [0.5, 0.6) is 0 Å². The van der Waals surface area contributed by atoms with Crippen LogP contribution >= 0.6 is 0 Å². The van der Waals surface area contributed by atoms with Crippen molar-refractivity contribution in [2.24, 2.45) is 0 Å². The van der Waals surface area contributed by atoms with Crippen LogP contribution in [-0.2, 0) is 35.2 Å². The molecule has 2 aromatic rings. The second-order valence-electron chi connectivity index (χ2n) is 8.66. The van der Waals surface area contributed by atoms with Crippen molar-refractivity contribution in [1.29, 1.82) is 0 Å². The lowest BCUT2D eigenvalue weighted by molar-refractivity contribution is -0.139. The highest BCUT2D eigenvalue weighted by Crippen LogP contribution is 2.32. The number of amides is 4. The molecule has 4 amide bonds. The Labute approximate surface area is 219 Å². The van der Waals surface area contributed by atoms with Crippen molar-refractivity contribution in [2.45, 2.75) is 32.6 Å². The highest BCUT2D eigenvalue weighted by Gasteiger charge is 2.33. The smallest absolute Gasteiger partial charge is 0.416 e. The van der Waals surface area contributed by atoms with E-state index in [0.29, 0.717) is 26.1 Å². The number of nitrogens with zero attached hydrogens (tertiary/aromatic N) is 2. The van der Waals surface area contributed by atoms with Crippen LogP contribution < -0.4 is 16.0 Å². The second-order valence-corrected chi connectivity index (χ2v) is 8.66. The summed E-state index contributed by atoms with van der Waals surface area (Å²) in [5, 5.41) is 8.19. The monoisotopic (exact) mass is 535 g/mol. The molecule has 0 radical (unpaired) electrons. The van der Waals surface area contributed by atoms with Gasteiger partial charge >= 0.3 is 18.3 Å². The zero-order valence-corrected chi connectivity index (χ0v) is 21.4. The number of fused-ring (bicyclic) bond motifs is 1. The first-order valence-electron chi connectivity index (χ1n) is 12.3. The molecule has 1 heterocycles. The Kier molecular flexibility index (Phi) is 9.80. The third-order valence-corrected chi connectivity index (χ3v) is 6.15. The Morgan fingerprint density at radius 1 is 1.11 bits per heavy atom. The summed E-state index contributed by atoms with van der Waals surface area (Å²) in [6.07, 6.45) is -4.69. The topological polar surface area (TPSA) is 103 Å². The van der Waals surface area contributed by atoms with Gasteiger partial charge in [0.15, 0.2) is 0 Å². The molecule has 206 valence electrons. The van der Waals surface area contributed by atoms with Crippen molar-refractivity contribution in [2.75, 3.05) is 45.2 Å². The Hall–Kier alpha value is -3.96. The van der Waals surface area contributed by atoms with Crippen LogP contribution in [0, 0.1) is 0 Å². The number of carbonyl (C=O) groups excluding carboxylic acids is 3. The fraction of sp³-hybridized carbons (Fsp3) is 0.423. The highest BCUT2D eigenvalue weighted by molar-refractivity contribution is 5.81. The van der Waals surface area contributed by atoms with Gasteiger partial charge in [0.2, 0.25) is 5.91 Å². The van der Waals surface area contributed by atoms with Gasteiger partial charge in [0.05, 0.1) is 18.7 Å². The number of anilines is 1. The van der Waals surface area contributed by atoms with E-state index < -0.39 is 23.7 Å². The maximum atomic E-state index is 13.5. The predicted octanol–water partition coefficient (Wildman–Crippen LogP) is 3.59. The molecule has 0 fully saturated rings. The van der Waals surface area contributed by atoms with Crippen LogP contribution in [0.15, 0.2) is 42.5 Å². The molecule has 1 aliphatic heterocycles. The third-order valence-electron chi connectivity index (χ3n) is 6.15. The zero-order valence-electron chi connectivity index (χ0n) is 21.4. The third kappa shape index (κ3) is 7.53. The summed E-state index contributed by atoms with van der Waals surface area (Å²) in [5.41, 5.74) is 1.78. The van der Waals surface area contributed by atoms with Gasteiger partial charge in [0, 0.05) is 38.9 Å². The van der Waals surface area contributed by atoms with Gasteiger partial charge in [-0.1, -0.05) is 30.3 Å². The van der Waals surface area contributed by atoms with Crippen LogP contribution in [0.25, 0.3) is 0 Å². The van der Waals surface area contributed by atoms with E-state index in [4.69, 9.17) is 4.74 Å².